The highest BCUT2D eigenvalue weighted by atomic mass is 79.9. The molecule has 0 saturated heterocycles. The number of H-pyrrole nitrogens is 1. The molecule has 0 spiro atoms. The normalized spacial score (nSPS) is 10.6. The van der Waals surface area contributed by atoms with E-state index in [2.05, 4.69) is 31.9 Å². The molecule has 0 radical (unpaired) electrons. The van der Waals surface area contributed by atoms with Crippen molar-refractivity contribution in [3.8, 4) is 5.75 Å². The minimum atomic E-state index is -1.47. The Kier molecular flexibility index (Phi) is 3.98. The van der Waals surface area contributed by atoms with Crippen molar-refractivity contribution in [3.05, 3.63) is 55.8 Å². The number of benzene rings is 1. The lowest BCUT2D eigenvalue weighted by Crippen LogP contribution is -2.09. The summed E-state index contributed by atoms with van der Waals surface area (Å²) in [5, 5.41) is 31.0. The molecule has 12 heteroatoms. The van der Waals surface area contributed by atoms with Gasteiger partial charge in [-0.15, -0.1) is 0 Å². The van der Waals surface area contributed by atoms with Gasteiger partial charge in [0.05, 0.1) is 15.4 Å². The lowest BCUT2D eigenvalue weighted by molar-refractivity contribution is -0.387. The van der Waals surface area contributed by atoms with Crippen LogP contribution in [-0.4, -0.2) is 19.9 Å². The molecule has 22 heavy (non-hydrogen) atoms. The number of hydrogen-bond donors (Lipinski definition) is 2. The van der Waals surface area contributed by atoms with Crippen molar-refractivity contribution in [1.82, 2.24) is 4.98 Å². The van der Waals surface area contributed by atoms with Crippen molar-refractivity contribution >= 4 is 54.1 Å². The minimum Gasteiger partial charge on any atom is -0.499 e. The largest absolute Gasteiger partial charge is 0.499 e. The first-order valence-electron chi connectivity index (χ1n) is 5.26. The van der Waals surface area contributed by atoms with E-state index in [1.54, 1.807) is 0 Å². The third kappa shape index (κ3) is 2.35. The molecule has 2 aromatic rings. The molecule has 0 aliphatic carbocycles. The number of nitrogens with one attached hydrogen (secondary N) is 1. The van der Waals surface area contributed by atoms with E-state index in [1.165, 1.54) is 0 Å². The summed E-state index contributed by atoms with van der Waals surface area (Å²) in [6.45, 7) is 0. The number of hydrogen-bond acceptors (Lipinski definition) is 7. The van der Waals surface area contributed by atoms with E-state index < -0.39 is 43.3 Å². The van der Waals surface area contributed by atoms with Crippen LogP contribution in [0.5, 0.6) is 5.75 Å². The maximum Gasteiger partial charge on any atom is 0.379 e. The fourth-order valence-electron chi connectivity index (χ4n) is 1.80. The lowest BCUT2D eigenvalue weighted by Gasteiger charge is -2.01. The van der Waals surface area contributed by atoms with Crippen LogP contribution in [0.3, 0.4) is 0 Å². The van der Waals surface area contributed by atoms with Crippen LogP contribution >= 0.6 is 31.9 Å². The summed E-state index contributed by atoms with van der Waals surface area (Å²) >= 11 is 5.90. The van der Waals surface area contributed by atoms with E-state index in [0.29, 0.717) is 0 Å². The molecule has 10 nitrogen and oxygen atoms in total. The van der Waals surface area contributed by atoms with Crippen molar-refractivity contribution in [2.45, 2.75) is 0 Å². The number of aromatic hydroxyl groups is 1. The molecule has 0 unspecified atom stereocenters. The average Bonchev–Trinajstić information content (AvgIpc) is 2.48. The highest BCUT2D eigenvalue weighted by molar-refractivity contribution is 9.13. The molecule has 1 aromatic carbocycles. The van der Waals surface area contributed by atoms with E-state index in [-0.39, 0.29) is 14.5 Å². The first kappa shape index (κ1) is 16.0. The lowest BCUT2D eigenvalue weighted by atomic mass is 10.2. The van der Waals surface area contributed by atoms with E-state index in [4.69, 9.17) is 0 Å². The summed E-state index contributed by atoms with van der Waals surface area (Å²) in [5.41, 5.74) is -5.23. The summed E-state index contributed by atoms with van der Waals surface area (Å²) < 4.78 is 0.0197. The number of aromatic nitrogens is 1. The van der Waals surface area contributed by atoms with Crippen LogP contribution in [-0.2, 0) is 0 Å². The molecule has 1 aromatic heterocycles. The number of rotatable bonds is 2. The Labute approximate surface area is 136 Å². The molecular formula is C10H3Br2N3O7. The number of nitrogens with zero attached hydrogens (tertiary/aromatic N) is 2. The van der Waals surface area contributed by atoms with Crippen LogP contribution in [0.2, 0.25) is 0 Å². The van der Waals surface area contributed by atoms with Crippen LogP contribution in [0.1, 0.15) is 0 Å². The molecule has 0 amide bonds. The van der Waals surface area contributed by atoms with Gasteiger partial charge in [-0.25, -0.2) is 0 Å². The predicted octanol–water partition coefficient (Wildman–Crippen LogP) is 1.94. The van der Waals surface area contributed by atoms with Gasteiger partial charge in [-0.2, -0.15) is 0 Å². The van der Waals surface area contributed by atoms with Gasteiger partial charge >= 0.3 is 11.2 Å². The van der Waals surface area contributed by atoms with Crippen molar-refractivity contribution in [1.29, 1.82) is 0 Å². The molecule has 1 heterocycles. The first-order valence-corrected chi connectivity index (χ1v) is 6.85. The van der Waals surface area contributed by atoms with Gasteiger partial charge in [-0.05, 0) is 37.9 Å². The van der Waals surface area contributed by atoms with E-state index >= 15 is 0 Å². The average molecular weight is 437 g/mol. The molecule has 0 saturated carbocycles. The van der Waals surface area contributed by atoms with Crippen molar-refractivity contribution in [2.24, 2.45) is 0 Å². The summed E-state index contributed by atoms with van der Waals surface area (Å²) in [4.78, 5) is 45.7. The molecule has 2 rings (SSSR count). The molecule has 0 bridgehead atoms. The second-order valence-electron chi connectivity index (χ2n) is 3.94. The Bertz CT molecular complexity index is 969. The Hall–Kier alpha value is -2.34. The van der Waals surface area contributed by atoms with Gasteiger partial charge in [-0.1, -0.05) is 0 Å². The Morgan fingerprint density at radius 2 is 1.64 bits per heavy atom. The fraction of sp³-hybridized carbons (Fsp3) is 0. The molecule has 0 atom stereocenters. The quantitative estimate of drug-likeness (QED) is 0.537. The number of aromatic amines is 1. The number of nitro groups is 2. The first-order chi connectivity index (χ1) is 10.2. The third-order valence-corrected chi connectivity index (χ3v) is 4.65. The number of nitro benzene ring substituents is 1. The molecule has 0 aliphatic rings. The summed E-state index contributed by atoms with van der Waals surface area (Å²) in [6.07, 6.45) is 0. The van der Waals surface area contributed by atoms with Gasteiger partial charge in [-0.3, -0.25) is 29.8 Å². The van der Waals surface area contributed by atoms with Gasteiger partial charge in [0.15, 0.2) is 0 Å². The monoisotopic (exact) mass is 435 g/mol. The summed E-state index contributed by atoms with van der Waals surface area (Å²) in [5.74, 6) is -1.47. The molecule has 114 valence electrons. The predicted molar refractivity (Wildman–Crippen MR) is 81.2 cm³/mol. The highest BCUT2D eigenvalue weighted by Crippen LogP contribution is 2.37. The van der Waals surface area contributed by atoms with Gasteiger partial charge in [0, 0.05) is 4.47 Å². The zero-order valence-electron chi connectivity index (χ0n) is 10.1. The third-order valence-electron chi connectivity index (χ3n) is 2.69. The topological polar surface area (TPSA) is 156 Å². The maximum absolute atomic E-state index is 12.1. The zero-order chi connectivity index (χ0) is 16.8. The van der Waals surface area contributed by atoms with Crippen molar-refractivity contribution in [2.75, 3.05) is 0 Å². The van der Waals surface area contributed by atoms with Crippen LogP contribution < -0.4 is 11.0 Å². The van der Waals surface area contributed by atoms with Crippen molar-refractivity contribution < 1.29 is 15.0 Å². The van der Waals surface area contributed by atoms with Gasteiger partial charge in [0.25, 0.3) is 5.69 Å². The molecule has 0 fully saturated rings. The molecule has 2 N–H and O–H groups in total. The van der Waals surface area contributed by atoms with Crippen LogP contribution in [0, 0.1) is 20.2 Å². The summed E-state index contributed by atoms with van der Waals surface area (Å²) in [6, 6.07) is 1.15. The highest BCUT2D eigenvalue weighted by Gasteiger charge is 2.28. The van der Waals surface area contributed by atoms with E-state index in [9.17, 15) is 34.9 Å². The minimum absolute atomic E-state index is 0.115. The second kappa shape index (κ2) is 5.46. The molecule has 0 aliphatic heterocycles. The number of halogens is 2. The SMILES string of the molecule is O=c1[nH]c2cc(Br)c(Br)c([N+](=O)[O-])c2c(=O)c(O)c1[N+](=O)[O-]. The maximum atomic E-state index is 12.1. The number of fused-ring (bicyclic) bond motifs is 1. The Morgan fingerprint density at radius 3 is 2.14 bits per heavy atom. The van der Waals surface area contributed by atoms with Gasteiger partial charge < -0.3 is 10.1 Å². The molecular weight excluding hydrogens is 434 g/mol. The fourth-order valence-corrected chi connectivity index (χ4v) is 2.67. The Balaban J connectivity index is 3.30. The van der Waals surface area contributed by atoms with Crippen LogP contribution in [0.25, 0.3) is 10.9 Å². The van der Waals surface area contributed by atoms with Crippen LogP contribution in [0.4, 0.5) is 11.4 Å². The standard InChI is InChI=1S/C10H3Br2N3O7/c11-2-1-3-4(6(5(2)12)14(19)20)8(16)9(17)7(15(21)22)10(18)13-3/h1H,(H,13,18)(H,16,17). The van der Waals surface area contributed by atoms with Gasteiger partial charge in [0.2, 0.25) is 11.2 Å². The summed E-state index contributed by atoms with van der Waals surface area (Å²) in [7, 11) is 0. The Morgan fingerprint density at radius 1 is 1.09 bits per heavy atom. The smallest absolute Gasteiger partial charge is 0.379 e. The van der Waals surface area contributed by atoms with E-state index in [0.717, 1.165) is 6.07 Å². The second-order valence-corrected chi connectivity index (χ2v) is 5.59. The zero-order valence-corrected chi connectivity index (χ0v) is 13.3. The van der Waals surface area contributed by atoms with Crippen LogP contribution in [0.15, 0.2) is 24.6 Å². The van der Waals surface area contributed by atoms with Gasteiger partial charge in [0.1, 0.15) is 9.86 Å². The van der Waals surface area contributed by atoms with E-state index in [1.807, 2.05) is 4.98 Å². The van der Waals surface area contributed by atoms with Crippen molar-refractivity contribution in [3.63, 3.8) is 0 Å².